The summed E-state index contributed by atoms with van der Waals surface area (Å²) in [5.74, 6) is 1.91. The lowest BCUT2D eigenvalue weighted by atomic mass is 10.1. The Morgan fingerprint density at radius 3 is 2.81 bits per heavy atom. The maximum atomic E-state index is 6.24. The van der Waals surface area contributed by atoms with Crippen LogP contribution < -0.4 is 14.4 Å². The van der Waals surface area contributed by atoms with Gasteiger partial charge >= 0.3 is 0 Å². The number of benzene rings is 1. The van der Waals surface area contributed by atoms with Crippen LogP contribution >= 0.6 is 0 Å². The van der Waals surface area contributed by atoms with Gasteiger partial charge in [-0.15, -0.1) is 0 Å². The van der Waals surface area contributed by atoms with Crippen molar-refractivity contribution in [1.29, 1.82) is 0 Å². The standard InChI is InChI=1S/C21H29N3O2/c1-6-24-13-17(26-20-10-8-7-9-19(20)24)12-23(4)14-18-16(3)21(25-5)15(2)11-22-18/h7-11,17H,6,12-14H2,1-5H3/t17-/m1/s1. The number of methoxy groups -OCH3 is 1. The molecule has 2 heterocycles. The fraction of sp³-hybridized carbons (Fsp3) is 0.476. The molecule has 2 aromatic rings. The molecule has 0 amide bonds. The quantitative estimate of drug-likeness (QED) is 0.794. The van der Waals surface area contributed by atoms with Crippen molar-refractivity contribution in [2.45, 2.75) is 33.4 Å². The molecular formula is C21H29N3O2. The number of anilines is 1. The molecule has 1 atom stereocenters. The largest absolute Gasteiger partial charge is 0.496 e. The van der Waals surface area contributed by atoms with E-state index in [1.165, 1.54) is 5.69 Å². The molecule has 0 unspecified atom stereocenters. The van der Waals surface area contributed by atoms with Crippen molar-refractivity contribution in [3.8, 4) is 11.5 Å². The lowest BCUT2D eigenvalue weighted by Crippen LogP contribution is -2.45. The molecule has 0 aliphatic carbocycles. The van der Waals surface area contributed by atoms with Crippen molar-refractivity contribution in [3.63, 3.8) is 0 Å². The minimum atomic E-state index is 0.141. The first-order chi connectivity index (χ1) is 12.5. The number of ether oxygens (including phenoxy) is 2. The highest BCUT2D eigenvalue weighted by Gasteiger charge is 2.25. The van der Waals surface area contributed by atoms with Crippen LogP contribution in [0, 0.1) is 13.8 Å². The van der Waals surface area contributed by atoms with E-state index in [-0.39, 0.29) is 6.10 Å². The Morgan fingerprint density at radius 2 is 2.08 bits per heavy atom. The zero-order valence-electron chi connectivity index (χ0n) is 16.5. The Hall–Kier alpha value is -2.27. The van der Waals surface area contributed by atoms with E-state index in [4.69, 9.17) is 9.47 Å². The Kier molecular flexibility index (Phi) is 5.67. The van der Waals surface area contributed by atoms with Gasteiger partial charge in [0.15, 0.2) is 0 Å². The highest BCUT2D eigenvalue weighted by Crippen LogP contribution is 2.33. The van der Waals surface area contributed by atoms with E-state index in [2.05, 4.69) is 53.9 Å². The molecule has 0 N–H and O–H groups in total. The summed E-state index contributed by atoms with van der Waals surface area (Å²) in [5.41, 5.74) is 4.43. The maximum absolute atomic E-state index is 6.24. The molecule has 0 saturated heterocycles. The Bertz CT molecular complexity index is 763. The fourth-order valence-corrected chi connectivity index (χ4v) is 3.67. The zero-order chi connectivity index (χ0) is 18.7. The third kappa shape index (κ3) is 3.78. The minimum absolute atomic E-state index is 0.141. The number of aromatic nitrogens is 1. The molecule has 5 heteroatoms. The van der Waals surface area contributed by atoms with E-state index in [1.54, 1.807) is 7.11 Å². The molecule has 1 aliphatic rings. The van der Waals surface area contributed by atoms with Gasteiger partial charge in [0.1, 0.15) is 17.6 Å². The number of hydrogen-bond donors (Lipinski definition) is 0. The predicted molar refractivity (Wildman–Crippen MR) is 105 cm³/mol. The smallest absolute Gasteiger partial charge is 0.143 e. The van der Waals surface area contributed by atoms with Gasteiger partial charge < -0.3 is 14.4 Å². The van der Waals surface area contributed by atoms with Crippen molar-refractivity contribution in [3.05, 3.63) is 47.3 Å². The number of rotatable bonds is 6. The number of pyridine rings is 1. The second kappa shape index (κ2) is 7.96. The average molecular weight is 355 g/mol. The van der Waals surface area contributed by atoms with Gasteiger partial charge in [-0.3, -0.25) is 9.88 Å². The lowest BCUT2D eigenvalue weighted by molar-refractivity contribution is 0.139. The SMILES string of the molecule is CCN1C[C@@H](CN(C)Cc2ncc(C)c(OC)c2C)Oc2ccccc21. The Morgan fingerprint density at radius 1 is 1.31 bits per heavy atom. The molecule has 26 heavy (non-hydrogen) atoms. The van der Waals surface area contributed by atoms with Crippen molar-refractivity contribution >= 4 is 5.69 Å². The van der Waals surface area contributed by atoms with Crippen molar-refractivity contribution in [2.24, 2.45) is 0 Å². The monoisotopic (exact) mass is 355 g/mol. The first kappa shape index (κ1) is 18.5. The van der Waals surface area contributed by atoms with Crippen LogP contribution in [0.2, 0.25) is 0 Å². The highest BCUT2D eigenvalue weighted by molar-refractivity contribution is 5.60. The van der Waals surface area contributed by atoms with Crippen LogP contribution in [0.15, 0.2) is 30.5 Å². The van der Waals surface area contributed by atoms with E-state index < -0.39 is 0 Å². The molecule has 0 radical (unpaired) electrons. The van der Waals surface area contributed by atoms with Crippen LogP contribution in [0.1, 0.15) is 23.7 Å². The first-order valence-electron chi connectivity index (χ1n) is 9.21. The summed E-state index contributed by atoms with van der Waals surface area (Å²) in [4.78, 5) is 9.27. The van der Waals surface area contributed by atoms with Gasteiger partial charge in [0.25, 0.3) is 0 Å². The second-order valence-corrected chi connectivity index (χ2v) is 6.99. The summed E-state index contributed by atoms with van der Waals surface area (Å²) in [6.07, 6.45) is 2.03. The topological polar surface area (TPSA) is 37.8 Å². The number of likely N-dealkylation sites (N-methyl/N-ethyl adjacent to an activating group) is 2. The van der Waals surface area contributed by atoms with E-state index in [0.717, 1.165) is 54.5 Å². The second-order valence-electron chi connectivity index (χ2n) is 6.99. The van der Waals surface area contributed by atoms with Crippen molar-refractivity contribution in [1.82, 2.24) is 9.88 Å². The molecule has 0 bridgehead atoms. The molecule has 0 spiro atoms. The van der Waals surface area contributed by atoms with Crippen molar-refractivity contribution < 1.29 is 9.47 Å². The third-order valence-electron chi connectivity index (χ3n) is 4.99. The molecule has 1 aliphatic heterocycles. The normalized spacial score (nSPS) is 16.4. The molecule has 1 aromatic heterocycles. The third-order valence-corrected chi connectivity index (χ3v) is 4.99. The lowest BCUT2D eigenvalue weighted by Gasteiger charge is -2.37. The summed E-state index contributed by atoms with van der Waals surface area (Å²) < 4.78 is 11.8. The van der Waals surface area contributed by atoms with Gasteiger partial charge in [-0.2, -0.15) is 0 Å². The molecule has 140 valence electrons. The van der Waals surface area contributed by atoms with E-state index in [9.17, 15) is 0 Å². The van der Waals surface area contributed by atoms with Crippen molar-refractivity contribution in [2.75, 3.05) is 38.7 Å². The number of fused-ring (bicyclic) bond motifs is 1. The van der Waals surface area contributed by atoms with Gasteiger partial charge in [0, 0.05) is 37.0 Å². The van der Waals surface area contributed by atoms with Gasteiger partial charge in [0.2, 0.25) is 0 Å². The first-order valence-corrected chi connectivity index (χ1v) is 9.21. The summed E-state index contributed by atoms with van der Waals surface area (Å²) in [7, 11) is 3.84. The van der Waals surface area contributed by atoms with Crippen LogP contribution in [0.3, 0.4) is 0 Å². The highest BCUT2D eigenvalue weighted by atomic mass is 16.5. The van der Waals surface area contributed by atoms with Gasteiger partial charge in [-0.25, -0.2) is 0 Å². The van der Waals surface area contributed by atoms with E-state index >= 15 is 0 Å². The van der Waals surface area contributed by atoms with E-state index in [0.29, 0.717) is 0 Å². The summed E-state index contributed by atoms with van der Waals surface area (Å²) in [6.45, 7) is 9.80. The molecule has 1 aromatic carbocycles. The maximum Gasteiger partial charge on any atom is 0.143 e. The Labute approximate surface area is 156 Å². The van der Waals surface area contributed by atoms with Crippen LogP contribution in [-0.4, -0.2) is 49.8 Å². The number of hydrogen-bond acceptors (Lipinski definition) is 5. The molecule has 0 fully saturated rings. The summed E-state index contributed by atoms with van der Waals surface area (Å²) in [6, 6.07) is 8.28. The van der Waals surface area contributed by atoms with Crippen LogP contribution in [0.4, 0.5) is 5.69 Å². The minimum Gasteiger partial charge on any atom is -0.496 e. The molecule has 0 saturated carbocycles. The van der Waals surface area contributed by atoms with Crippen LogP contribution in [0.25, 0.3) is 0 Å². The number of nitrogens with zero attached hydrogens (tertiary/aromatic N) is 3. The van der Waals surface area contributed by atoms with Crippen LogP contribution in [-0.2, 0) is 6.54 Å². The number of para-hydroxylation sites is 2. The summed E-state index contributed by atoms with van der Waals surface area (Å²) >= 11 is 0. The average Bonchev–Trinajstić information content (AvgIpc) is 2.64. The van der Waals surface area contributed by atoms with E-state index in [1.807, 2.05) is 19.2 Å². The fourth-order valence-electron chi connectivity index (χ4n) is 3.67. The van der Waals surface area contributed by atoms with Gasteiger partial charge in [-0.1, -0.05) is 12.1 Å². The molecule has 3 rings (SSSR count). The van der Waals surface area contributed by atoms with Crippen LogP contribution in [0.5, 0.6) is 11.5 Å². The molecule has 5 nitrogen and oxygen atoms in total. The van der Waals surface area contributed by atoms with Gasteiger partial charge in [0.05, 0.1) is 25.0 Å². The zero-order valence-corrected chi connectivity index (χ0v) is 16.5. The molecular weight excluding hydrogens is 326 g/mol. The number of aryl methyl sites for hydroxylation is 1. The van der Waals surface area contributed by atoms with Gasteiger partial charge in [-0.05, 0) is 40.0 Å². The Balaban J connectivity index is 1.69. The summed E-state index contributed by atoms with van der Waals surface area (Å²) in [5, 5.41) is 0. The predicted octanol–water partition coefficient (Wildman–Crippen LogP) is 3.43.